The molecule has 1 aromatic heterocycles. The Bertz CT molecular complexity index is 633. The number of nitro groups is 1. The molecule has 0 aliphatic carbocycles. The van der Waals surface area contributed by atoms with Crippen LogP contribution in [0.15, 0.2) is 36.7 Å². The van der Waals surface area contributed by atoms with Crippen LogP contribution >= 0.6 is 11.6 Å². The van der Waals surface area contributed by atoms with Crippen LogP contribution in [0.5, 0.6) is 0 Å². The molecule has 8 heteroatoms. The number of carbonyl (C=O) groups excluding carboxylic acids is 1. The van der Waals surface area contributed by atoms with Gasteiger partial charge in [-0.2, -0.15) is 0 Å². The highest BCUT2D eigenvalue weighted by molar-refractivity contribution is 6.33. The van der Waals surface area contributed by atoms with E-state index in [4.69, 9.17) is 11.6 Å². The molecule has 0 aliphatic rings. The predicted molar refractivity (Wildman–Crippen MR) is 68.1 cm³/mol. The number of anilines is 1. The van der Waals surface area contributed by atoms with E-state index >= 15 is 0 Å². The van der Waals surface area contributed by atoms with Crippen LogP contribution in [-0.2, 0) is 0 Å². The molecule has 0 unspecified atom stereocenters. The van der Waals surface area contributed by atoms with Crippen molar-refractivity contribution in [2.24, 2.45) is 0 Å². The van der Waals surface area contributed by atoms with E-state index in [1.54, 1.807) is 6.07 Å². The maximum absolute atomic E-state index is 11.9. The minimum Gasteiger partial charge on any atom is -0.290 e. The lowest BCUT2D eigenvalue weighted by Crippen LogP contribution is -2.15. The monoisotopic (exact) mass is 278 g/mol. The van der Waals surface area contributed by atoms with Crippen LogP contribution in [0.25, 0.3) is 0 Å². The second kappa shape index (κ2) is 5.40. The molecule has 96 valence electrons. The summed E-state index contributed by atoms with van der Waals surface area (Å²) in [5.74, 6) is -0.637. The van der Waals surface area contributed by atoms with Gasteiger partial charge in [-0.25, -0.2) is 9.97 Å². The highest BCUT2D eigenvalue weighted by atomic mass is 35.5. The molecule has 0 atom stereocenters. The quantitative estimate of drug-likeness (QED) is 0.686. The molecule has 0 aliphatic heterocycles. The second-order valence-corrected chi connectivity index (χ2v) is 3.83. The number of para-hydroxylation sites is 1. The number of nitro benzene ring substituents is 1. The first-order chi connectivity index (χ1) is 9.09. The highest BCUT2D eigenvalue weighted by Gasteiger charge is 2.23. The summed E-state index contributed by atoms with van der Waals surface area (Å²) >= 11 is 5.72. The Labute approximate surface area is 112 Å². The molecule has 0 bridgehead atoms. The number of nitrogens with zero attached hydrogens (tertiary/aromatic N) is 3. The summed E-state index contributed by atoms with van der Waals surface area (Å²) < 4.78 is 0. The van der Waals surface area contributed by atoms with Gasteiger partial charge in [0.1, 0.15) is 10.6 Å². The number of amides is 1. The standard InChI is InChI=1S/C11H7ClN4O3/c12-8-4-1-3-7(9(8)16(18)19)10(17)15-11-13-5-2-6-14-11/h1-6H,(H,13,14,15,17). The molecule has 19 heavy (non-hydrogen) atoms. The van der Waals surface area contributed by atoms with E-state index < -0.39 is 16.5 Å². The fourth-order valence-electron chi connectivity index (χ4n) is 1.42. The zero-order valence-corrected chi connectivity index (χ0v) is 10.2. The van der Waals surface area contributed by atoms with Crippen LogP contribution in [0, 0.1) is 10.1 Å². The fraction of sp³-hybridized carbons (Fsp3) is 0. The average Bonchev–Trinajstić information content (AvgIpc) is 2.39. The number of hydrogen-bond donors (Lipinski definition) is 1. The van der Waals surface area contributed by atoms with Crippen molar-refractivity contribution >= 4 is 29.1 Å². The number of nitrogens with one attached hydrogen (secondary N) is 1. The number of halogens is 1. The first kappa shape index (κ1) is 12.9. The third kappa shape index (κ3) is 2.83. The van der Waals surface area contributed by atoms with Crippen LogP contribution in [0.2, 0.25) is 5.02 Å². The molecule has 0 saturated carbocycles. The van der Waals surface area contributed by atoms with Gasteiger partial charge in [0.25, 0.3) is 5.91 Å². The van der Waals surface area contributed by atoms with E-state index in [9.17, 15) is 14.9 Å². The van der Waals surface area contributed by atoms with Gasteiger partial charge < -0.3 is 0 Å². The summed E-state index contributed by atoms with van der Waals surface area (Å²) in [5, 5.41) is 13.2. The van der Waals surface area contributed by atoms with Crippen LogP contribution in [-0.4, -0.2) is 20.8 Å². The summed E-state index contributed by atoms with van der Waals surface area (Å²) in [5.41, 5.74) is -0.595. The molecule has 0 saturated heterocycles. The van der Waals surface area contributed by atoms with E-state index in [0.29, 0.717) is 0 Å². The molecule has 1 heterocycles. The average molecular weight is 279 g/mol. The molecule has 1 amide bonds. The maximum atomic E-state index is 11.9. The molecule has 0 spiro atoms. The summed E-state index contributed by atoms with van der Waals surface area (Å²) in [7, 11) is 0. The first-order valence-electron chi connectivity index (χ1n) is 5.11. The van der Waals surface area contributed by atoms with Gasteiger partial charge in [0.15, 0.2) is 0 Å². The van der Waals surface area contributed by atoms with Crippen molar-refractivity contribution in [1.29, 1.82) is 0 Å². The zero-order valence-electron chi connectivity index (χ0n) is 9.41. The Kier molecular flexibility index (Phi) is 3.67. The van der Waals surface area contributed by atoms with Crippen LogP contribution in [0.1, 0.15) is 10.4 Å². The van der Waals surface area contributed by atoms with Crippen molar-refractivity contribution in [3.63, 3.8) is 0 Å². The van der Waals surface area contributed by atoms with Crippen molar-refractivity contribution in [2.45, 2.75) is 0 Å². The fourth-order valence-corrected chi connectivity index (χ4v) is 1.66. The van der Waals surface area contributed by atoms with Crippen molar-refractivity contribution in [3.05, 3.63) is 57.4 Å². The Hall–Kier alpha value is -2.54. The van der Waals surface area contributed by atoms with E-state index in [1.807, 2.05) is 0 Å². The third-order valence-electron chi connectivity index (χ3n) is 2.21. The SMILES string of the molecule is O=C(Nc1ncccn1)c1cccc(Cl)c1[N+](=O)[O-]. The second-order valence-electron chi connectivity index (χ2n) is 3.42. The van der Waals surface area contributed by atoms with Gasteiger partial charge in [-0.3, -0.25) is 20.2 Å². The summed E-state index contributed by atoms with van der Waals surface area (Å²) in [6.07, 6.45) is 2.88. The molecule has 2 aromatic rings. The molecular formula is C11H7ClN4O3. The predicted octanol–water partition coefficient (Wildman–Crippen LogP) is 2.29. The highest BCUT2D eigenvalue weighted by Crippen LogP contribution is 2.28. The van der Waals surface area contributed by atoms with Crippen molar-refractivity contribution in [3.8, 4) is 0 Å². The molecule has 7 nitrogen and oxygen atoms in total. The van der Waals surface area contributed by atoms with Crippen molar-refractivity contribution < 1.29 is 9.72 Å². The van der Waals surface area contributed by atoms with Gasteiger partial charge in [-0.15, -0.1) is 0 Å². The minimum absolute atomic E-state index is 0.0572. The van der Waals surface area contributed by atoms with E-state index in [1.165, 1.54) is 30.6 Å². The van der Waals surface area contributed by atoms with Crippen molar-refractivity contribution in [2.75, 3.05) is 5.32 Å². The topological polar surface area (TPSA) is 98.0 Å². The normalized spacial score (nSPS) is 9.95. The molecule has 1 aromatic carbocycles. The maximum Gasteiger partial charge on any atom is 0.300 e. The lowest BCUT2D eigenvalue weighted by Gasteiger charge is -2.04. The first-order valence-corrected chi connectivity index (χ1v) is 5.48. The van der Waals surface area contributed by atoms with Gasteiger partial charge >= 0.3 is 5.69 Å². The number of aromatic nitrogens is 2. The lowest BCUT2D eigenvalue weighted by molar-refractivity contribution is -0.385. The van der Waals surface area contributed by atoms with E-state index in [2.05, 4.69) is 15.3 Å². The zero-order chi connectivity index (χ0) is 13.8. The molecule has 1 N–H and O–H groups in total. The number of hydrogen-bond acceptors (Lipinski definition) is 5. The van der Waals surface area contributed by atoms with Crippen molar-refractivity contribution in [1.82, 2.24) is 9.97 Å². The Morgan fingerprint density at radius 1 is 1.26 bits per heavy atom. The van der Waals surface area contributed by atoms with Crippen LogP contribution < -0.4 is 5.32 Å². The van der Waals surface area contributed by atoms with Gasteiger partial charge in [0.2, 0.25) is 5.95 Å². The van der Waals surface area contributed by atoms with Gasteiger partial charge in [0.05, 0.1) is 4.92 Å². The summed E-state index contributed by atoms with van der Waals surface area (Å²) in [6, 6.07) is 5.69. The smallest absolute Gasteiger partial charge is 0.290 e. The molecule has 0 radical (unpaired) electrons. The molecule has 0 fully saturated rings. The lowest BCUT2D eigenvalue weighted by atomic mass is 10.1. The Balaban J connectivity index is 2.35. The van der Waals surface area contributed by atoms with Crippen LogP contribution in [0.3, 0.4) is 0 Å². The third-order valence-corrected chi connectivity index (χ3v) is 2.51. The van der Waals surface area contributed by atoms with Gasteiger partial charge in [-0.1, -0.05) is 17.7 Å². The Morgan fingerprint density at radius 3 is 2.58 bits per heavy atom. The molecular weight excluding hydrogens is 272 g/mol. The largest absolute Gasteiger partial charge is 0.300 e. The van der Waals surface area contributed by atoms with Gasteiger partial charge in [-0.05, 0) is 18.2 Å². The Morgan fingerprint density at radius 2 is 1.95 bits per heavy atom. The minimum atomic E-state index is -0.705. The number of rotatable bonds is 3. The van der Waals surface area contributed by atoms with Gasteiger partial charge in [0, 0.05) is 12.4 Å². The summed E-state index contributed by atoms with van der Waals surface area (Å²) in [6.45, 7) is 0. The van der Waals surface area contributed by atoms with Crippen LogP contribution in [0.4, 0.5) is 11.6 Å². The molecule has 2 rings (SSSR count). The van der Waals surface area contributed by atoms with E-state index in [-0.39, 0.29) is 16.5 Å². The number of benzene rings is 1. The number of carbonyl (C=O) groups is 1. The van der Waals surface area contributed by atoms with E-state index in [0.717, 1.165) is 0 Å². The summed E-state index contributed by atoms with van der Waals surface area (Å²) in [4.78, 5) is 29.7.